The minimum absolute atomic E-state index is 0.309. The summed E-state index contributed by atoms with van der Waals surface area (Å²) in [5, 5.41) is 10.00. The maximum absolute atomic E-state index is 11.3. The normalized spacial score (nSPS) is 10.6. The fraction of sp³-hybridized carbons (Fsp3) is 0.200. The summed E-state index contributed by atoms with van der Waals surface area (Å²) in [5.74, 6) is -0.182. The number of aryl methyl sites for hydroxylation is 2. The molecule has 4 nitrogen and oxygen atoms in total. The first-order chi connectivity index (χ1) is 12.1. The van der Waals surface area contributed by atoms with Gasteiger partial charge in [-0.25, -0.2) is 9.78 Å². The Balaban J connectivity index is 1.82. The highest BCUT2D eigenvalue weighted by atomic mass is 32.1. The number of carboxylic acid groups (broad SMARTS) is 1. The average molecular weight is 353 g/mol. The Morgan fingerprint density at radius 3 is 2.68 bits per heavy atom. The molecule has 1 aromatic heterocycles. The third-order valence-corrected chi connectivity index (χ3v) is 5.10. The number of hydrogen-bond acceptors (Lipinski definition) is 4. The first kappa shape index (κ1) is 17.2. The molecule has 25 heavy (non-hydrogen) atoms. The molecule has 0 radical (unpaired) electrons. The second kappa shape index (κ2) is 7.49. The maximum Gasteiger partial charge on any atom is 0.347 e. The molecule has 1 N–H and O–H groups in total. The van der Waals surface area contributed by atoms with Crippen LogP contribution in [0.15, 0.2) is 48.5 Å². The molecule has 3 aromatic rings. The number of hydrogen-bond donors (Lipinski definition) is 1. The molecule has 0 saturated carbocycles. The molecule has 0 atom stereocenters. The van der Waals surface area contributed by atoms with Crippen molar-refractivity contribution in [3.63, 3.8) is 0 Å². The summed E-state index contributed by atoms with van der Waals surface area (Å²) in [5.41, 5.74) is 3.83. The van der Waals surface area contributed by atoms with Crippen LogP contribution in [0.2, 0.25) is 0 Å². The van der Waals surface area contributed by atoms with Crippen molar-refractivity contribution >= 4 is 17.3 Å². The number of rotatable bonds is 6. The Hall–Kier alpha value is -2.66. The fourth-order valence-corrected chi connectivity index (χ4v) is 3.52. The highest BCUT2D eigenvalue weighted by molar-refractivity contribution is 7.17. The molecule has 128 valence electrons. The molecule has 0 saturated heterocycles. The number of aromatic nitrogens is 1. The van der Waals surface area contributed by atoms with Crippen LogP contribution in [0.4, 0.5) is 0 Å². The number of aromatic carboxylic acids is 1. The molecular weight excluding hydrogens is 334 g/mol. The summed E-state index contributed by atoms with van der Waals surface area (Å²) in [7, 11) is 0. The van der Waals surface area contributed by atoms with Gasteiger partial charge in [-0.15, -0.1) is 11.3 Å². The monoisotopic (exact) mass is 353 g/mol. The number of benzene rings is 2. The van der Waals surface area contributed by atoms with Crippen molar-refractivity contribution in [2.24, 2.45) is 0 Å². The first-order valence-corrected chi connectivity index (χ1v) is 8.91. The van der Waals surface area contributed by atoms with Crippen molar-refractivity contribution in [1.29, 1.82) is 0 Å². The van der Waals surface area contributed by atoms with Crippen LogP contribution in [-0.4, -0.2) is 16.1 Å². The lowest BCUT2D eigenvalue weighted by atomic mass is 10.1. The van der Waals surface area contributed by atoms with Gasteiger partial charge >= 0.3 is 5.97 Å². The van der Waals surface area contributed by atoms with E-state index in [1.54, 1.807) is 0 Å². The van der Waals surface area contributed by atoms with E-state index >= 15 is 0 Å². The molecule has 3 rings (SSSR count). The highest BCUT2D eigenvalue weighted by Crippen LogP contribution is 2.31. The average Bonchev–Trinajstić information content (AvgIpc) is 3.06. The number of ether oxygens (including phenoxy) is 1. The van der Waals surface area contributed by atoms with Crippen molar-refractivity contribution in [2.45, 2.75) is 26.9 Å². The van der Waals surface area contributed by atoms with Crippen LogP contribution in [0.1, 0.15) is 33.4 Å². The van der Waals surface area contributed by atoms with Crippen molar-refractivity contribution in [3.8, 4) is 16.3 Å². The van der Waals surface area contributed by atoms with Crippen LogP contribution in [0.3, 0.4) is 0 Å². The van der Waals surface area contributed by atoms with Crippen molar-refractivity contribution in [1.82, 2.24) is 4.98 Å². The van der Waals surface area contributed by atoms with E-state index in [2.05, 4.69) is 18.0 Å². The predicted octanol–water partition coefficient (Wildman–Crippen LogP) is 4.96. The van der Waals surface area contributed by atoms with Gasteiger partial charge in [-0.05, 0) is 36.6 Å². The van der Waals surface area contributed by atoms with E-state index in [0.29, 0.717) is 28.6 Å². The van der Waals surface area contributed by atoms with Gasteiger partial charge in [0.2, 0.25) is 0 Å². The Bertz CT molecular complexity index is 901. The van der Waals surface area contributed by atoms with E-state index in [1.807, 2.05) is 49.4 Å². The number of nitrogens with zero attached hydrogens (tertiary/aromatic N) is 1. The number of thiazole rings is 1. The second-order valence-electron chi connectivity index (χ2n) is 5.70. The van der Waals surface area contributed by atoms with Gasteiger partial charge in [-0.3, -0.25) is 0 Å². The zero-order valence-corrected chi connectivity index (χ0v) is 15.0. The summed E-state index contributed by atoms with van der Waals surface area (Å²) in [6.07, 6.45) is 0.599. The minimum Gasteiger partial charge on any atom is -0.489 e. The van der Waals surface area contributed by atoms with Crippen LogP contribution in [-0.2, 0) is 13.0 Å². The standard InChI is InChI=1S/C20H19NO3S/c1-3-17-18(20(22)23)25-19(21-17)14-9-6-10-16(11-14)24-12-15-8-5-4-7-13(15)2/h4-11H,3,12H2,1-2H3,(H,22,23). The molecule has 0 fully saturated rings. The SMILES string of the molecule is CCc1nc(-c2cccc(OCc3ccccc3C)c2)sc1C(=O)O. The molecule has 2 aromatic carbocycles. The Morgan fingerprint density at radius 1 is 1.20 bits per heavy atom. The molecule has 0 spiro atoms. The molecule has 1 heterocycles. The summed E-state index contributed by atoms with van der Waals surface area (Å²) in [6, 6.07) is 15.7. The zero-order chi connectivity index (χ0) is 17.8. The lowest BCUT2D eigenvalue weighted by Gasteiger charge is -2.09. The molecular formula is C20H19NO3S. The molecule has 0 aliphatic carbocycles. The Labute approximate surface area is 150 Å². The first-order valence-electron chi connectivity index (χ1n) is 8.09. The van der Waals surface area contributed by atoms with Crippen molar-refractivity contribution in [2.75, 3.05) is 0 Å². The summed E-state index contributed by atoms with van der Waals surface area (Å²) < 4.78 is 5.91. The lowest BCUT2D eigenvalue weighted by molar-refractivity contribution is 0.0701. The second-order valence-corrected chi connectivity index (χ2v) is 6.70. The van der Waals surface area contributed by atoms with Crippen LogP contribution in [0, 0.1) is 6.92 Å². The number of carboxylic acids is 1. The fourth-order valence-electron chi connectivity index (χ4n) is 2.53. The third kappa shape index (κ3) is 3.88. The molecule has 0 unspecified atom stereocenters. The molecule has 0 bridgehead atoms. The van der Waals surface area contributed by atoms with Gasteiger partial charge in [0.1, 0.15) is 22.2 Å². The van der Waals surface area contributed by atoms with E-state index < -0.39 is 5.97 Å². The number of carbonyl (C=O) groups is 1. The Kier molecular flexibility index (Phi) is 5.14. The van der Waals surface area contributed by atoms with E-state index in [-0.39, 0.29) is 0 Å². The van der Waals surface area contributed by atoms with Gasteiger partial charge in [0, 0.05) is 5.56 Å². The van der Waals surface area contributed by atoms with Crippen LogP contribution in [0.5, 0.6) is 5.75 Å². The summed E-state index contributed by atoms with van der Waals surface area (Å²) >= 11 is 1.20. The molecule has 5 heteroatoms. The van der Waals surface area contributed by atoms with E-state index in [0.717, 1.165) is 16.9 Å². The van der Waals surface area contributed by atoms with Crippen LogP contribution in [0.25, 0.3) is 10.6 Å². The quantitative estimate of drug-likeness (QED) is 0.680. The predicted molar refractivity (Wildman–Crippen MR) is 99.4 cm³/mol. The van der Waals surface area contributed by atoms with Crippen LogP contribution < -0.4 is 4.74 Å². The topological polar surface area (TPSA) is 59.4 Å². The summed E-state index contributed by atoms with van der Waals surface area (Å²) in [6.45, 7) is 4.46. The van der Waals surface area contributed by atoms with Gasteiger partial charge in [-0.1, -0.05) is 43.3 Å². The maximum atomic E-state index is 11.3. The van der Waals surface area contributed by atoms with Crippen LogP contribution >= 0.6 is 11.3 Å². The third-order valence-electron chi connectivity index (χ3n) is 3.96. The Morgan fingerprint density at radius 2 is 2.00 bits per heavy atom. The van der Waals surface area contributed by atoms with Gasteiger partial charge in [0.05, 0.1) is 5.69 Å². The van der Waals surface area contributed by atoms with Gasteiger partial charge in [0.25, 0.3) is 0 Å². The molecule has 0 aliphatic heterocycles. The zero-order valence-electron chi connectivity index (χ0n) is 14.2. The van der Waals surface area contributed by atoms with E-state index in [9.17, 15) is 9.90 Å². The van der Waals surface area contributed by atoms with Crippen molar-refractivity contribution in [3.05, 3.63) is 70.2 Å². The van der Waals surface area contributed by atoms with Gasteiger partial charge in [0.15, 0.2) is 0 Å². The van der Waals surface area contributed by atoms with Crippen molar-refractivity contribution < 1.29 is 14.6 Å². The van der Waals surface area contributed by atoms with Gasteiger partial charge in [-0.2, -0.15) is 0 Å². The highest BCUT2D eigenvalue weighted by Gasteiger charge is 2.17. The largest absolute Gasteiger partial charge is 0.489 e. The molecule has 0 amide bonds. The minimum atomic E-state index is -0.924. The van der Waals surface area contributed by atoms with E-state index in [4.69, 9.17) is 4.74 Å². The lowest BCUT2D eigenvalue weighted by Crippen LogP contribution is -1.97. The van der Waals surface area contributed by atoms with E-state index in [1.165, 1.54) is 16.9 Å². The molecule has 0 aliphatic rings. The van der Waals surface area contributed by atoms with Gasteiger partial charge < -0.3 is 9.84 Å². The smallest absolute Gasteiger partial charge is 0.347 e. The summed E-state index contributed by atoms with van der Waals surface area (Å²) in [4.78, 5) is 16.1.